The highest BCUT2D eigenvalue weighted by Gasteiger charge is 2.41. The Bertz CT molecular complexity index is 174. The van der Waals surface area contributed by atoms with Crippen LogP contribution in [0.15, 0.2) is 0 Å². The summed E-state index contributed by atoms with van der Waals surface area (Å²) in [7, 11) is 0. The van der Waals surface area contributed by atoms with Crippen LogP contribution >= 0.6 is 0 Å². The first-order valence-electron chi connectivity index (χ1n) is 7.35. The summed E-state index contributed by atoms with van der Waals surface area (Å²) in [5.74, 6) is 0.779. The lowest BCUT2D eigenvalue weighted by Gasteiger charge is -2.45. The van der Waals surface area contributed by atoms with E-state index in [1.807, 2.05) is 6.92 Å². The molecule has 0 amide bonds. The second-order valence-corrected chi connectivity index (χ2v) is 5.74. The SMILES string of the molecule is CCCC(CCC)(C1CCCCC1)[C@@H](C)O. The fourth-order valence-corrected chi connectivity index (χ4v) is 3.90. The molecule has 96 valence electrons. The maximum Gasteiger partial charge on any atom is 0.0570 e. The molecule has 1 heteroatoms. The highest BCUT2D eigenvalue weighted by Crippen LogP contribution is 2.47. The van der Waals surface area contributed by atoms with E-state index in [4.69, 9.17) is 0 Å². The molecule has 0 radical (unpaired) electrons. The zero-order valence-corrected chi connectivity index (χ0v) is 11.5. The molecule has 1 atom stereocenters. The standard InChI is InChI=1S/C15H30O/c1-4-11-15(12-5-2,13(3)16)14-9-7-6-8-10-14/h13-14,16H,4-12H2,1-3H3/t13-/m1/s1. The van der Waals surface area contributed by atoms with Gasteiger partial charge in [0.05, 0.1) is 6.10 Å². The van der Waals surface area contributed by atoms with Crippen LogP contribution in [0.2, 0.25) is 0 Å². The molecule has 0 spiro atoms. The minimum atomic E-state index is -0.129. The summed E-state index contributed by atoms with van der Waals surface area (Å²) < 4.78 is 0. The average molecular weight is 226 g/mol. The first kappa shape index (κ1) is 14.0. The van der Waals surface area contributed by atoms with E-state index in [9.17, 15) is 5.11 Å². The van der Waals surface area contributed by atoms with E-state index in [1.165, 1.54) is 57.8 Å². The van der Waals surface area contributed by atoms with Gasteiger partial charge in [0.25, 0.3) is 0 Å². The molecule has 0 bridgehead atoms. The molecule has 1 nitrogen and oxygen atoms in total. The topological polar surface area (TPSA) is 20.2 Å². The Labute approximate surface area is 102 Å². The lowest BCUT2D eigenvalue weighted by molar-refractivity contribution is -0.0373. The van der Waals surface area contributed by atoms with Crippen molar-refractivity contribution in [2.75, 3.05) is 0 Å². The Kier molecular flexibility index (Phi) is 5.82. The molecular weight excluding hydrogens is 196 g/mol. The molecule has 0 unspecified atom stereocenters. The van der Waals surface area contributed by atoms with Gasteiger partial charge in [-0.15, -0.1) is 0 Å². The largest absolute Gasteiger partial charge is 0.393 e. The Morgan fingerprint density at radius 3 is 1.94 bits per heavy atom. The molecule has 1 fully saturated rings. The predicted molar refractivity (Wildman–Crippen MR) is 70.5 cm³/mol. The van der Waals surface area contributed by atoms with Crippen LogP contribution in [-0.4, -0.2) is 11.2 Å². The van der Waals surface area contributed by atoms with Gasteiger partial charge >= 0.3 is 0 Å². The first-order chi connectivity index (χ1) is 7.67. The summed E-state index contributed by atoms with van der Waals surface area (Å²) in [6.07, 6.45) is 11.6. The molecule has 0 aromatic rings. The fourth-order valence-electron chi connectivity index (χ4n) is 3.90. The number of aliphatic hydroxyl groups is 1. The van der Waals surface area contributed by atoms with Crippen molar-refractivity contribution in [1.29, 1.82) is 0 Å². The van der Waals surface area contributed by atoms with E-state index in [2.05, 4.69) is 13.8 Å². The van der Waals surface area contributed by atoms with Crippen molar-refractivity contribution in [1.82, 2.24) is 0 Å². The van der Waals surface area contributed by atoms with E-state index in [-0.39, 0.29) is 11.5 Å². The lowest BCUT2D eigenvalue weighted by atomic mass is 9.61. The molecule has 1 N–H and O–H groups in total. The Balaban J connectivity index is 2.79. The average Bonchev–Trinajstić information content (AvgIpc) is 2.29. The van der Waals surface area contributed by atoms with Crippen LogP contribution in [0.25, 0.3) is 0 Å². The van der Waals surface area contributed by atoms with Crippen LogP contribution in [0.4, 0.5) is 0 Å². The Hall–Kier alpha value is -0.0400. The van der Waals surface area contributed by atoms with Gasteiger partial charge < -0.3 is 5.11 Å². The first-order valence-corrected chi connectivity index (χ1v) is 7.35. The van der Waals surface area contributed by atoms with Gasteiger partial charge in [-0.05, 0) is 43.9 Å². The molecular formula is C15H30O. The Morgan fingerprint density at radius 2 is 1.56 bits per heavy atom. The summed E-state index contributed by atoms with van der Waals surface area (Å²) in [6.45, 7) is 6.55. The van der Waals surface area contributed by atoms with Gasteiger partial charge in [-0.1, -0.05) is 46.0 Å². The monoisotopic (exact) mass is 226 g/mol. The summed E-state index contributed by atoms with van der Waals surface area (Å²) in [5, 5.41) is 10.3. The summed E-state index contributed by atoms with van der Waals surface area (Å²) in [6, 6.07) is 0. The van der Waals surface area contributed by atoms with Crippen molar-refractivity contribution < 1.29 is 5.11 Å². The van der Waals surface area contributed by atoms with Crippen LogP contribution in [-0.2, 0) is 0 Å². The molecule has 1 aliphatic rings. The van der Waals surface area contributed by atoms with Crippen LogP contribution in [0.3, 0.4) is 0 Å². The molecule has 1 aliphatic carbocycles. The van der Waals surface area contributed by atoms with Gasteiger partial charge in [-0.3, -0.25) is 0 Å². The van der Waals surface area contributed by atoms with E-state index < -0.39 is 0 Å². The third kappa shape index (κ3) is 3.00. The third-order valence-electron chi connectivity index (χ3n) is 4.68. The summed E-state index contributed by atoms with van der Waals surface area (Å²) in [4.78, 5) is 0. The second kappa shape index (κ2) is 6.64. The van der Waals surface area contributed by atoms with E-state index in [0.29, 0.717) is 0 Å². The van der Waals surface area contributed by atoms with Crippen LogP contribution in [0.5, 0.6) is 0 Å². The highest BCUT2D eigenvalue weighted by atomic mass is 16.3. The van der Waals surface area contributed by atoms with Crippen molar-refractivity contribution in [3.05, 3.63) is 0 Å². The second-order valence-electron chi connectivity index (χ2n) is 5.74. The predicted octanol–water partition coefficient (Wildman–Crippen LogP) is 4.53. The molecule has 0 aromatic heterocycles. The molecule has 0 aliphatic heterocycles. The molecule has 0 saturated heterocycles. The quantitative estimate of drug-likeness (QED) is 0.705. The fraction of sp³-hybridized carbons (Fsp3) is 1.00. The zero-order valence-electron chi connectivity index (χ0n) is 11.5. The molecule has 16 heavy (non-hydrogen) atoms. The number of rotatable bonds is 6. The summed E-state index contributed by atoms with van der Waals surface area (Å²) in [5.41, 5.74) is 0.226. The van der Waals surface area contributed by atoms with Crippen molar-refractivity contribution in [3.8, 4) is 0 Å². The number of hydrogen-bond donors (Lipinski definition) is 1. The van der Waals surface area contributed by atoms with E-state index in [0.717, 1.165) is 5.92 Å². The van der Waals surface area contributed by atoms with Crippen LogP contribution in [0.1, 0.15) is 78.6 Å². The minimum absolute atomic E-state index is 0.129. The smallest absolute Gasteiger partial charge is 0.0570 e. The molecule has 0 heterocycles. The molecule has 1 rings (SSSR count). The van der Waals surface area contributed by atoms with Crippen molar-refractivity contribution in [2.45, 2.75) is 84.7 Å². The number of aliphatic hydroxyl groups excluding tert-OH is 1. The maximum atomic E-state index is 10.3. The molecule has 0 aromatic carbocycles. The third-order valence-corrected chi connectivity index (χ3v) is 4.68. The minimum Gasteiger partial charge on any atom is -0.393 e. The highest BCUT2D eigenvalue weighted by molar-refractivity contribution is 4.91. The van der Waals surface area contributed by atoms with Gasteiger partial charge in [0.1, 0.15) is 0 Å². The Morgan fingerprint density at radius 1 is 1.06 bits per heavy atom. The lowest BCUT2D eigenvalue weighted by Crippen LogP contribution is -2.41. The van der Waals surface area contributed by atoms with Gasteiger partial charge in [0, 0.05) is 0 Å². The van der Waals surface area contributed by atoms with Gasteiger partial charge in [-0.25, -0.2) is 0 Å². The van der Waals surface area contributed by atoms with E-state index >= 15 is 0 Å². The normalized spacial score (nSPS) is 21.0. The molecule has 1 saturated carbocycles. The van der Waals surface area contributed by atoms with E-state index in [1.54, 1.807) is 0 Å². The van der Waals surface area contributed by atoms with Crippen molar-refractivity contribution in [2.24, 2.45) is 11.3 Å². The van der Waals surface area contributed by atoms with Crippen LogP contribution in [0, 0.1) is 11.3 Å². The summed E-state index contributed by atoms with van der Waals surface area (Å²) >= 11 is 0. The zero-order chi connectivity index (χ0) is 12.0. The van der Waals surface area contributed by atoms with Crippen LogP contribution < -0.4 is 0 Å². The van der Waals surface area contributed by atoms with Gasteiger partial charge in [-0.2, -0.15) is 0 Å². The van der Waals surface area contributed by atoms with Gasteiger partial charge in [0.2, 0.25) is 0 Å². The van der Waals surface area contributed by atoms with Gasteiger partial charge in [0.15, 0.2) is 0 Å². The van der Waals surface area contributed by atoms with Crippen molar-refractivity contribution >= 4 is 0 Å². The number of hydrogen-bond acceptors (Lipinski definition) is 1. The maximum absolute atomic E-state index is 10.3. The van der Waals surface area contributed by atoms with Crippen molar-refractivity contribution in [3.63, 3.8) is 0 Å².